The van der Waals surface area contributed by atoms with E-state index in [0.717, 1.165) is 0 Å². The molecule has 0 spiro atoms. The van der Waals surface area contributed by atoms with Crippen molar-refractivity contribution in [3.05, 3.63) is 23.8 Å². The van der Waals surface area contributed by atoms with E-state index >= 15 is 0 Å². The fraction of sp³-hybridized carbons (Fsp3) is 0.588. The minimum Gasteiger partial charge on any atom is -0.495 e. The molecule has 7 nitrogen and oxygen atoms in total. The Bertz CT molecular complexity index is 681. The van der Waals surface area contributed by atoms with Crippen molar-refractivity contribution in [2.24, 2.45) is 0 Å². The molecule has 0 saturated heterocycles. The Morgan fingerprint density at radius 3 is 2.48 bits per heavy atom. The largest absolute Gasteiger partial charge is 0.495 e. The van der Waals surface area contributed by atoms with E-state index in [4.69, 9.17) is 9.47 Å². The number of hydrogen-bond acceptors (Lipinski definition) is 5. The topological polar surface area (TPSA) is 93.7 Å². The fourth-order valence-electron chi connectivity index (χ4n) is 2.11. The van der Waals surface area contributed by atoms with Gasteiger partial charge in [0.25, 0.3) is 5.91 Å². The average Bonchev–Trinajstić information content (AvgIpc) is 2.51. The van der Waals surface area contributed by atoms with E-state index in [9.17, 15) is 13.2 Å². The van der Waals surface area contributed by atoms with E-state index in [1.165, 1.54) is 25.3 Å². The lowest BCUT2D eigenvalue weighted by Gasteiger charge is -2.21. The standard InChI is InChI=1S/C17H28N2O5S/c1-6-24-11-7-10-18-16(20)13-8-9-14(23-5)15(12-13)25(21,22)19-17(2,3)4/h8-9,12,19H,6-7,10-11H2,1-5H3,(H,18,20). The maximum absolute atomic E-state index is 12.6. The first-order chi connectivity index (χ1) is 11.6. The number of hydrogen-bond donors (Lipinski definition) is 2. The van der Waals surface area contributed by atoms with Crippen LogP contribution >= 0.6 is 0 Å². The second-order valence-corrected chi connectivity index (χ2v) is 8.18. The number of methoxy groups -OCH3 is 1. The summed E-state index contributed by atoms with van der Waals surface area (Å²) in [5, 5.41) is 2.75. The highest BCUT2D eigenvalue weighted by molar-refractivity contribution is 7.89. The van der Waals surface area contributed by atoms with E-state index in [0.29, 0.717) is 26.2 Å². The van der Waals surface area contributed by atoms with Crippen molar-refractivity contribution in [1.82, 2.24) is 10.0 Å². The zero-order valence-electron chi connectivity index (χ0n) is 15.5. The Hall–Kier alpha value is -1.64. The lowest BCUT2D eigenvalue weighted by atomic mass is 10.1. The molecule has 0 aliphatic heterocycles. The highest BCUT2D eigenvalue weighted by atomic mass is 32.2. The van der Waals surface area contributed by atoms with Gasteiger partial charge < -0.3 is 14.8 Å². The number of rotatable bonds is 9. The van der Waals surface area contributed by atoms with E-state index in [2.05, 4.69) is 10.0 Å². The molecule has 0 bridgehead atoms. The van der Waals surface area contributed by atoms with Crippen molar-refractivity contribution >= 4 is 15.9 Å². The van der Waals surface area contributed by atoms with Gasteiger partial charge in [-0.15, -0.1) is 0 Å². The van der Waals surface area contributed by atoms with Gasteiger partial charge >= 0.3 is 0 Å². The number of ether oxygens (including phenoxy) is 2. The van der Waals surface area contributed by atoms with Gasteiger partial charge in [0.2, 0.25) is 10.0 Å². The maximum Gasteiger partial charge on any atom is 0.251 e. The van der Waals surface area contributed by atoms with Gasteiger partial charge in [0, 0.05) is 30.9 Å². The summed E-state index contributed by atoms with van der Waals surface area (Å²) >= 11 is 0. The van der Waals surface area contributed by atoms with E-state index in [1.54, 1.807) is 20.8 Å². The SMILES string of the molecule is CCOCCCNC(=O)c1ccc(OC)c(S(=O)(=O)NC(C)(C)C)c1. The summed E-state index contributed by atoms with van der Waals surface area (Å²) in [7, 11) is -2.44. The predicted octanol–water partition coefficient (Wildman–Crippen LogP) is 1.93. The van der Waals surface area contributed by atoms with Crippen molar-refractivity contribution in [2.45, 2.75) is 44.6 Å². The summed E-state index contributed by atoms with van der Waals surface area (Å²) in [4.78, 5) is 12.2. The van der Waals surface area contributed by atoms with Crippen LogP contribution in [-0.4, -0.2) is 46.7 Å². The summed E-state index contributed by atoms with van der Waals surface area (Å²) in [6, 6.07) is 4.34. The number of sulfonamides is 1. The normalized spacial score (nSPS) is 12.0. The first-order valence-corrected chi connectivity index (χ1v) is 9.67. The van der Waals surface area contributed by atoms with Crippen molar-refractivity contribution in [3.8, 4) is 5.75 Å². The van der Waals surface area contributed by atoms with Crippen LogP contribution in [0.4, 0.5) is 0 Å². The summed E-state index contributed by atoms with van der Waals surface area (Å²) in [6.07, 6.45) is 0.687. The van der Waals surface area contributed by atoms with Gasteiger partial charge in [0.05, 0.1) is 7.11 Å². The quantitative estimate of drug-likeness (QED) is 0.646. The van der Waals surface area contributed by atoms with Gasteiger partial charge in [0.15, 0.2) is 0 Å². The molecule has 0 heterocycles. The fourth-order valence-corrected chi connectivity index (χ4v) is 3.72. The van der Waals surface area contributed by atoms with E-state index < -0.39 is 15.6 Å². The smallest absolute Gasteiger partial charge is 0.251 e. The van der Waals surface area contributed by atoms with Crippen LogP contribution in [0, 0.1) is 0 Å². The summed E-state index contributed by atoms with van der Waals surface area (Å²) in [5.41, 5.74) is -0.395. The molecule has 1 amide bonds. The number of carbonyl (C=O) groups is 1. The zero-order chi connectivity index (χ0) is 19.1. The highest BCUT2D eigenvalue weighted by Gasteiger charge is 2.26. The van der Waals surface area contributed by atoms with Crippen LogP contribution in [0.25, 0.3) is 0 Å². The average molecular weight is 372 g/mol. The second kappa shape index (κ2) is 9.17. The van der Waals surface area contributed by atoms with Crippen molar-refractivity contribution in [1.29, 1.82) is 0 Å². The third kappa shape index (κ3) is 7.01. The van der Waals surface area contributed by atoms with Crippen LogP contribution < -0.4 is 14.8 Å². The summed E-state index contributed by atoms with van der Waals surface area (Å²) < 4.78 is 38.1. The molecule has 2 N–H and O–H groups in total. The minimum absolute atomic E-state index is 0.0631. The van der Waals surface area contributed by atoms with Crippen molar-refractivity contribution in [2.75, 3.05) is 26.9 Å². The molecule has 0 aliphatic rings. The van der Waals surface area contributed by atoms with Gasteiger partial charge in [-0.3, -0.25) is 4.79 Å². The Balaban J connectivity index is 2.97. The first kappa shape index (κ1) is 21.4. The molecular formula is C17H28N2O5S. The monoisotopic (exact) mass is 372 g/mol. The molecule has 0 radical (unpaired) electrons. The zero-order valence-corrected chi connectivity index (χ0v) is 16.3. The lowest BCUT2D eigenvalue weighted by molar-refractivity contribution is 0.0944. The molecule has 0 fully saturated rings. The molecule has 0 unspecified atom stereocenters. The number of amides is 1. The Kier molecular flexibility index (Phi) is 7.85. The van der Waals surface area contributed by atoms with Crippen molar-refractivity contribution < 1.29 is 22.7 Å². The number of carbonyl (C=O) groups excluding carboxylic acids is 1. The van der Waals surface area contributed by atoms with Gasteiger partial charge in [-0.05, 0) is 52.3 Å². The molecule has 1 aromatic carbocycles. The van der Waals surface area contributed by atoms with Crippen LogP contribution in [0.2, 0.25) is 0 Å². The van der Waals surface area contributed by atoms with Crippen molar-refractivity contribution in [3.63, 3.8) is 0 Å². The Morgan fingerprint density at radius 2 is 1.92 bits per heavy atom. The molecule has 0 aromatic heterocycles. The molecule has 1 aromatic rings. The van der Waals surface area contributed by atoms with Crippen LogP contribution in [-0.2, 0) is 14.8 Å². The highest BCUT2D eigenvalue weighted by Crippen LogP contribution is 2.26. The molecule has 25 heavy (non-hydrogen) atoms. The maximum atomic E-state index is 12.6. The van der Waals surface area contributed by atoms with Gasteiger partial charge in [-0.2, -0.15) is 0 Å². The molecular weight excluding hydrogens is 344 g/mol. The van der Waals surface area contributed by atoms with Gasteiger partial charge in [-0.25, -0.2) is 13.1 Å². The Morgan fingerprint density at radius 1 is 1.24 bits per heavy atom. The molecule has 0 atom stereocenters. The molecule has 8 heteroatoms. The molecule has 1 rings (SSSR count). The van der Waals surface area contributed by atoms with Crippen LogP contribution in [0.1, 0.15) is 44.5 Å². The van der Waals surface area contributed by atoms with Crippen LogP contribution in [0.3, 0.4) is 0 Å². The number of nitrogens with one attached hydrogen (secondary N) is 2. The lowest BCUT2D eigenvalue weighted by Crippen LogP contribution is -2.40. The Labute approximate surface area is 150 Å². The predicted molar refractivity (Wildman–Crippen MR) is 96.5 cm³/mol. The van der Waals surface area contributed by atoms with Crippen LogP contribution in [0.15, 0.2) is 23.1 Å². The number of benzene rings is 1. The second-order valence-electron chi connectivity index (χ2n) is 6.53. The third-order valence-electron chi connectivity index (χ3n) is 3.11. The molecule has 0 aliphatic carbocycles. The van der Waals surface area contributed by atoms with Gasteiger partial charge in [0.1, 0.15) is 10.6 Å². The van der Waals surface area contributed by atoms with E-state index in [1.807, 2.05) is 6.92 Å². The van der Waals surface area contributed by atoms with E-state index in [-0.39, 0.29) is 22.1 Å². The molecule has 142 valence electrons. The summed E-state index contributed by atoms with van der Waals surface area (Å²) in [6.45, 7) is 8.78. The van der Waals surface area contributed by atoms with Crippen LogP contribution in [0.5, 0.6) is 5.75 Å². The minimum atomic E-state index is -3.82. The summed E-state index contributed by atoms with van der Waals surface area (Å²) in [5.74, 6) is -0.156. The molecule has 0 saturated carbocycles. The third-order valence-corrected chi connectivity index (χ3v) is 4.89. The first-order valence-electron chi connectivity index (χ1n) is 8.18. The van der Waals surface area contributed by atoms with Gasteiger partial charge in [-0.1, -0.05) is 0 Å².